The van der Waals surface area contributed by atoms with Crippen LogP contribution in [-0.4, -0.2) is 79.2 Å². The van der Waals surface area contributed by atoms with Crippen molar-refractivity contribution in [3.8, 4) is 0 Å². The number of hydroxylamine groups is 4. The third-order valence-electron chi connectivity index (χ3n) is 4.48. The molecule has 184 valence electrons. The number of hydrogen-bond donors (Lipinski definition) is 0. The van der Waals surface area contributed by atoms with Gasteiger partial charge in [-0.3, -0.25) is 28.9 Å². The summed E-state index contributed by atoms with van der Waals surface area (Å²) in [5.41, 5.74) is 0. The van der Waals surface area contributed by atoms with E-state index in [0.29, 0.717) is 10.1 Å². The van der Waals surface area contributed by atoms with Crippen molar-refractivity contribution in [2.45, 2.75) is 51.4 Å². The summed E-state index contributed by atoms with van der Waals surface area (Å²) in [4.78, 5) is 77.1. The van der Waals surface area contributed by atoms with Crippen molar-refractivity contribution in [1.29, 1.82) is 0 Å². The molecule has 2 aliphatic rings. The van der Waals surface area contributed by atoms with E-state index in [1.54, 1.807) is 0 Å². The zero-order valence-corrected chi connectivity index (χ0v) is 18.5. The number of amides is 4. The maximum Gasteiger partial charge on any atom is 0.533 e. The highest BCUT2D eigenvalue weighted by atomic mass is 32.2. The lowest BCUT2D eigenvalue weighted by Crippen LogP contribution is -2.32. The molecule has 2 rings (SSSR count). The Morgan fingerprint density at radius 3 is 1.30 bits per heavy atom. The van der Waals surface area contributed by atoms with Crippen LogP contribution in [0.15, 0.2) is 0 Å². The molecule has 0 saturated carbocycles. The Labute approximate surface area is 188 Å². The Morgan fingerprint density at radius 1 is 0.636 bits per heavy atom. The zero-order chi connectivity index (χ0) is 24.4. The molecule has 33 heavy (non-hydrogen) atoms. The molecule has 0 N–H and O–H groups in total. The quantitative estimate of drug-likeness (QED) is 0.208. The van der Waals surface area contributed by atoms with Gasteiger partial charge in [0.2, 0.25) is 0 Å². The Bertz CT molecular complexity index is 802. The lowest BCUT2D eigenvalue weighted by molar-refractivity contribution is -0.177. The van der Waals surface area contributed by atoms with Crippen LogP contribution in [0, 0.1) is 0 Å². The fourth-order valence-electron chi connectivity index (χ4n) is 2.78. The van der Waals surface area contributed by atoms with Gasteiger partial charge in [-0.05, 0) is 25.7 Å². The fourth-order valence-corrected chi connectivity index (χ4v) is 4.27. The predicted octanol–water partition coefficient (Wildman–Crippen LogP) is 0.396. The van der Waals surface area contributed by atoms with Gasteiger partial charge in [-0.15, -0.1) is 0 Å². The third kappa shape index (κ3) is 8.67. The summed E-state index contributed by atoms with van der Waals surface area (Å²) in [6, 6.07) is 0. The molecule has 14 nitrogen and oxygen atoms in total. The Morgan fingerprint density at radius 2 is 0.970 bits per heavy atom. The summed E-state index contributed by atoms with van der Waals surface area (Å²) in [6.45, 7) is -0.300. The first-order valence-electron chi connectivity index (χ1n) is 10.2. The second kappa shape index (κ2) is 12.1. The van der Waals surface area contributed by atoms with Gasteiger partial charge in [0.05, 0.1) is 24.7 Å². The molecular weight excluding hydrogens is 468 g/mol. The minimum absolute atomic E-state index is 0.0409. The summed E-state index contributed by atoms with van der Waals surface area (Å²) < 4.78 is 33.4. The van der Waals surface area contributed by atoms with Crippen LogP contribution in [0.25, 0.3) is 0 Å². The van der Waals surface area contributed by atoms with Crippen LogP contribution in [0.4, 0.5) is 9.59 Å². The maximum absolute atomic E-state index is 12.0. The number of carbonyl (C=O) groups excluding carboxylic acids is 6. The molecule has 4 amide bonds. The Hall–Kier alpha value is -3.23. The lowest BCUT2D eigenvalue weighted by atomic mass is 10.3. The molecule has 0 spiro atoms. The monoisotopic (exact) mass is 492 g/mol. The highest BCUT2D eigenvalue weighted by molar-refractivity contribution is 7.91. The highest BCUT2D eigenvalue weighted by Crippen LogP contribution is 2.14. The van der Waals surface area contributed by atoms with Gasteiger partial charge in [-0.25, -0.2) is 18.0 Å². The van der Waals surface area contributed by atoms with Crippen molar-refractivity contribution in [3.63, 3.8) is 0 Å². The zero-order valence-electron chi connectivity index (χ0n) is 17.7. The average molecular weight is 492 g/mol. The first-order valence-corrected chi connectivity index (χ1v) is 12.0. The van der Waals surface area contributed by atoms with Gasteiger partial charge in [-0.1, -0.05) is 10.1 Å². The van der Waals surface area contributed by atoms with Crippen LogP contribution in [0.1, 0.15) is 51.4 Å². The normalized spacial score (nSPS) is 16.4. The fraction of sp³-hybridized carbons (Fsp3) is 0.667. The molecule has 0 aromatic rings. The molecule has 0 bridgehead atoms. The molecule has 2 saturated heterocycles. The highest BCUT2D eigenvalue weighted by Gasteiger charge is 2.34. The number of unbranched alkanes of at least 4 members (excludes halogenated alkanes) is 2. The van der Waals surface area contributed by atoms with E-state index in [0.717, 1.165) is 0 Å². The number of nitrogens with zero attached hydrogens (tertiary/aromatic N) is 2. The molecule has 2 fully saturated rings. The van der Waals surface area contributed by atoms with E-state index in [2.05, 4.69) is 9.68 Å². The number of ether oxygens (including phenoxy) is 2. The standard InChI is InChI=1S/C18H24N2O12S/c21-13-5-6-14(22)19(13)31-17(25)29-9-1-3-11-33(27,28)12-4-2-10-30-18(26)32-20-15(23)7-8-16(20)24/h1-12H2. The van der Waals surface area contributed by atoms with E-state index >= 15 is 0 Å². The van der Waals surface area contributed by atoms with Gasteiger partial charge in [0, 0.05) is 25.7 Å². The predicted molar refractivity (Wildman–Crippen MR) is 104 cm³/mol. The van der Waals surface area contributed by atoms with Crippen LogP contribution in [-0.2, 0) is 48.2 Å². The second-order valence-electron chi connectivity index (χ2n) is 7.11. The number of carbonyl (C=O) groups is 6. The molecule has 2 aliphatic heterocycles. The molecule has 0 radical (unpaired) electrons. The molecule has 0 unspecified atom stereocenters. The summed E-state index contributed by atoms with van der Waals surface area (Å²) >= 11 is 0. The van der Waals surface area contributed by atoms with E-state index in [1.807, 2.05) is 0 Å². The Balaban J connectivity index is 1.50. The van der Waals surface area contributed by atoms with Gasteiger partial charge < -0.3 is 9.47 Å². The number of sulfone groups is 1. The summed E-state index contributed by atoms with van der Waals surface area (Å²) in [6.07, 6.45) is -1.76. The van der Waals surface area contributed by atoms with E-state index in [1.165, 1.54) is 0 Å². The molecule has 15 heteroatoms. The van der Waals surface area contributed by atoms with Crippen LogP contribution in [0.5, 0.6) is 0 Å². The number of imide groups is 2. The molecule has 0 aromatic heterocycles. The van der Waals surface area contributed by atoms with E-state index in [-0.39, 0.29) is 76.1 Å². The van der Waals surface area contributed by atoms with Crippen molar-refractivity contribution in [2.24, 2.45) is 0 Å². The molecule has 0 aromatic carbocycles. The van der Waals surface area contributed by atoms with Crippen molar-refractivity contribution < 1.29 is 56.3 Å². The van der Waals surface area contributed by atoms with Crippen molar-refractivity contribution in [3.05, 3.63) is 0 Å². The van der Waals surface area contributed by atoms with Crippen molar-refractivity contribution in [2.75, 3.05) is 24.7 Å². The van der Waals surface area contributed by atoms with Gasteiger partial charge >= 0.3 is 12.3 Å². The van der Waals surface area contributed by atoms with E-state index in [9.17, 15) is 37.2 Å². The first-order chi connectivity index (χ1) is 15.6. The van der Waals surface area contributed by atoms with Gasteiger partial charge in [-0.2, -0.15) is 0 Å². The number of hydrogen-bond acceptors (Lipinski definition) is 12. The molecule has 2 heterocycles. The van der Waals surface area contributed by atoms with Crippen molar-refractivity contribution in [1.82, 2.24) is 10.1 Å². The average Bonchev–Trinajstić information content (AvgIpc) is 3.23. The topological polar surface area (TPSA) is 180 Å². The van der Waals surface area contributed by atoms with Crippen LogP contribution in [0.2, 0.25) is 0 Å². The SMILES string of the molecule is O=C(OCCCCS(=O)(=O)CCCCOC(=O)ON1C(=O)CCC1=O)ON1C(=O)CCC1=O. The van der Waals surface area contributed by atoms with Gasteiger partial charge in [0.25, 0.3) is 23.6 Å². The molecule has 0 aliphatic carbocycles. The van der Waals surface area contributed by atoms with E-state index < -0.39 is 45.8 Å². The minimum Gasteiger partial charge on any atom is -0.433 e. The van der Waals surface area contributed by atoms with Crippen molar-refractivity contribution >= 4 is 45.8 Å². The molecule has 0 atom stereocenters. The van der Waals surface area contributed by atoms with E-state index in [4.69, 9.17) is 9.47 Å². The second-order valence-corrected chi connectivity index (χ2v) is 9.41. The smallest absolute Gasteiger partial charge is 0.433 e. The maximum atomic E-state index is 12.0. The summed E-state index contributed by atoms with van der Waals surface area (Å²) in [5.74, 6) is -2.86. The van der Waals surface area contributed by atoms with Gasteiger partial charge in [0.15, 0.2) is 0 Å². The van der Waals surface area contributed by atoms with Gasteiger partial charge in [0.1, 0.15) is 9.84 Å². The Kier molecular flexibility index (Phi) is 9.57. The molecular formula is C18H24N2O12S. The minimum atomic E-state index is -3.39. The number of rotatable bonds is 12. The first kappa shape index (κ1) is 26.0. The third-order valence-corrected chi connectivity index (χ3v) is 6.30. The summed E-state index contributed by atoms with van der Waals surface area (Å²) in [5, 5.41) is 0.698. The lowest BCUT2D eigenvalue weighted by Gasteiger charge is -2.12. The van der Waals surface area contributed by atoms with Crippen LogP contribution < -0.4 is 0 Å². The largest absolute Gasteiger partial charge is 0.533 e. The van der Waals surface area contributed by atoms with Crippen LogP contribution >= 0.6 is 0 Å². The summed E-state index contributed by atoms with van der Waals surface area (Å²) in [7, 11) is -3.39. The van der Waals surface area contributed by atoms with Crippen LogP contribution in [0.3, 0.4) is 0 Å².